The molecular formula is C11H13BrClN3O3S. The Morgan fingerprint density at radius 1 is 1.55 bits per heavy atom. The van der Waals surface area contributed by atoms with E-state index in [0.717, 1.165) is 0 Å². The Morgan fingerprint density at radius 3 is 2.75 bits per heavy atom. The van der Waals surface area contributed by atoms with E-state index in [9.17, 15) is 8.42 Å². The highest BCUT2D eigenvalue weighted by molar-refractivity contribution is 9.10. The molecule has 6 nitrogen and oxygen atoms in total. The van der Waals surface area contributed by atoms with Crippen LogP contribution in [0.2, 0.25) is 0 Å². The molecule has 2 heterocycles. The number of alkyl halides is 1. The lowest BCUT2D eigenvalue weighted by atomic mass is 10.5. The zero-order valence-electron chi connectivity index (χ0n) is 10.9. The van der Waals surface area contributed by atoms with Gasteiger partial charge in [0.2, 0.25) is 10.0 Å². The molecule has 0 amide bonds. The summed E-state index contributed by atoms with van der Waals surface area (Å²) in [6, 6.07) is 1.42. The van der Waals surface area contributed by atoms with Crippen LogP contribution < -0.4 is 0 Å². The largest absolute Gasteiger partial charge is 0.452 e. The summed E-state index contributed by atoms with van der Waals surface area (Å²) in [6.07, 6.45) is 3.38. The zero-order chi connectivity index (χ0) is 14.9. The van der Waals surface area contributed by atoms with E-state index in [-0.39, 0.29) is 22.0 Å². The van der Waals surface area contributed by atoms with Gasteiger partial charge < -0.3 is 8.98 Å². The molecule has 20 heavy (non-hydrogen) atoms. The second-order valence-corrected chi connectivity index (χ2v) is 7.20. The van der Waals surface area contributed by atoms with Crippen LogP contribution in [-0.4, -0.2) is 29.3 Å². The normalized spacial score (nSPS) is 12.2. The number of aromatic nitrogens is 2. The molecule has 2 rings (SSSR count). The summed E-state index contributed by atoms with van der Waals surface area (Å²) in [6.45, 7) is 0.166. The van der Waals surface area contributed by atoms with Crippen LogP contribution in [0.25, 0.3) is 0 Å². The average molecular weight is 383 g/mol. The average Bonchev–Trinajstić information content (AvgIpc) is 2.96. The van der Waals surface area contributed by atoms with Gasteiger partial charge in [-0.2, -0.15) is 4.31 Å². The predicted molar refractivity (Wildman–Crippen MR) is 77.8 cm³/mol. The Bertz CT molecular complexity index is 710. The molecule has 0 bridgehead atoms. The van der Waals surface area contributed by atoms with E-state index in [0.29, 0.717) is 11.6 Å². The van der Waals surface area contributed by atoms with E-state index < -0.39 is 10.0 Å². The van der Waals surface area contributed by atoms with Gasteiger partial charge in [0, 0.05) is 32.6 Å². The SMILES string of the molecule is CN(Cc1nccn1C)S(=O)(=O)c1cc(CCl)oc1Br. The molecule has 0 fully saturated rings. The maximum absolute atomic E-state index is 12.5. The van der Waals surface area contributed by atoms with E-state index in [1.54, 1.807) is 17.0 Å². The Labute approximate surface area is 130 Å². The molecule has 0 radical (unpaired) electrons. The molecule has 0 aliphatic rings. The maximum atomic E-state index is 12.5. The fraction of sp³-hybridized carbons (Fsp3) is 0.364. The Kier molecular flexibility index (Phi) is 4.58. The van der Waals surface area contributed by atoms with Crippen molar-refractivity contribution in [1.82, 2.24) is 13.9 Å². The monoisotopic (exact) mass is 381 g/mol. The van der Waals surface area contributed by atoms with Gasteiger partial charge in [0.1, 0.15) is 16.5 Å². The van der Waals surface area contributed by atoms with E-state index in [4.69, 9.17) is 16.0 Å². The Balaban J connectivity index is 2.29. The maximum Gasteiger partial charge on any atom is 0.247 e. The lowest BCUT2D eigenvalue weighted by Crippen LogP contribution is -2.27. The standard InChI is InChI=1S/C11H13BrClN3O3S/c1-15-4-3-14-10(15)7-16(2)20(17,18)9-5-8(6-13)19-11(9)12/h3-5H,6-7H2,1-2H3. The van der Waals surface area contributed by atoms with E-state index in [1.807, 2.05) is 7.05 Å². The first-order valence-corrected chi connectivity index (χ1v) is 8.39. The minimum atomic E-state index is -3.67. The molecule has 0 aromatic carbocycles. The van der Waals surface area contributed by atoms with E-state index in [1.165, 1.54) is 17.4 Å². The fourth-order valence-electron chi connectivity index (χ4n) is 1.64. The van der Waals surface area contributed by atoms with Crippen LogP contribution in [0.5, 0.6) is 0 Å². The molecule has 0 aliphatic heterocycles. The zero-order valence-corrected chi connectivity index (χ0v) is 14.0. The second-order valence-electron chi connectivity index (χ2n) is 4.20. The minimum absolute atomic E-state index is 0.0601. The number of aryl methyl sites for hydroxylation is 1. The quantitative estimate of drug-likeness (QED) is 0.744. The summed E-state index contributed by atoms with van der Waals surface area (Å²) >= 11 is 8.74. The van der Waals surface area contributed by atoms with Crippen molar-refractivity contribution in [1.29, 1.82) is 0 Å². The Morgan fingerprint density at radius 2 is 2.25 bits per heavy atom. The molecular weight excluding hydrogens is 370 g/mol. The van der Waals surface area contributed by atoms with Crippen LogP contribution in [0.4, 0.5) is 0 Å². The van der Waals surface area contributed by atoms with Crippen LogP contribution in [0.3, 0.4) is 0 Å². The number of furan rings is 1. The summed E-state index contributed by atoms with van der Waals surface area (Å²) in [7, 11) is -0.373. The van der Waals surface area contributed by atoms with Crippen molar-refractivity contribution in [3.63, 3.8) is 0 Å². The van der Waals surface area contributed by atoms with Gasteiger partial charge in [-0.25, -0.2) is 13.4 Å². The predicted octanol–water partition coefficient (Wildman–Crippen LogP) is 2.34. The Hall–Kier alpha value is -0.830. The molecule has 2 aromatic rings. The van der Waals surface area contributed by atoms with Gasteiger partial charge >= 0.3 is 0 Å². The molecule has 9 heteroatoms. The highest BCUT2D eigenvalue weighted by Gasteiger charge is 2.27. The molecule has 0 N–H and O–H groups in total. The smallest absolute Gasteiger partial charge is 0.247 e. The molecule has 0 spiro atoms. The third-order valence-electron chi connectivity index (χ3n) is 2.81. The van der Waals surface area contributed by atoms with E-state index in [2.05, 4.69) is 20.9 Å². The van der Waals surface area contributed by atoms with Gasteiger partial charge in [-0.1, -0.05) is 0 Å². The van der Waals surface area contributed by atoms with E-state index >= 15 is 0 Å². The molecule has 110 valence electrons. The van der Waals surface area contributed by atoms with Crippen molar-refractivity contribution in [3.05, 3.63) is 34.7 Å². The first-order chi connectivity index (χ1) is 9.36. The molecule has 0 saturated heterocycles. The number of halogens is 2. The number of imidazole rings is 1. The third kappa shape index (κ3) is 2.93. The summed E-state index contributed by atoms with van der Waals surface area (Å²) in [4.78, 5) is 4.17. The van der Waals surface area contributed by atoms with Crippen molar-refractivity contribution in [2.45, 2.75) is 17.3 Å². The molecule has 0 unspecified atom stereocenters. The van der Waals surface area contributed by atoms with Gasteiger partial charge in [-0.05, 0) is 15.9 Å². The van der Waals surface area contributed by atoms with Gasteiger partial charge in [0.25, 0.3) is 0 Å². The highest BCUT2D eigenvalue weighted by Crippen LogP contribution is 2.29. The fourth-order valence-corrected chi connectivity index (χ4v) is 3.85. The molecule has 2 aromatic heterocycles. The van der Waals surface area contributed by atoms with Crippen LogP contribution in [0.1, 0.15) is 11.6 Å². The van der Waals surface area contributed by atoms with Crippen molar-refractivity contribution >= 4 is 37.6 Å². The van der Waals surface area contributed by atoms with Crippen molar-refractivity contribution in [2.24, 2.45) is 7.05 Å². The summed E-state index contributed by atoms with van der Waals surface area (Å²) < 4.78 is 33.3. The van der Waals surface area contributed by atoms with Crippen LogP contribution in [0.15, 0.2) is 32.4 Å². The number of nitrogens with zero attached hydrogens (tertiary/aromatic N) is 3. The highest BCUT2D eigenvalue weighted by atomic mass is 79.9. The number of hydrogen-bond acceptors (Lipinski definition) is 4. The van der Waals surface area contributed by atoms with Gasteiger partial charge in [0.15, 0.2) is 4.67 Å². The summed E-state index contributed by atoms with van der Waals surface area (Å²) in [5, 5.41) is 0. The molecule has 0 atom stereocenters. The van der Waals surface area contributed by atoms with Crippen LogP contribution in [-0.2, 0) is 29.5 Å². The first-order valence-electron chi connectivity index (χ1n) is 5.63. The van der Waals surface area contributed by atoms with Crippen LogP contribution in [0, 0.1) is 0 Å². The topological polar surface area (TPSA) is 68.3 Å². The molecule has 0 aliphatic carbocycles. The summed E-state index contributed by atoms with van der Waals surface area (Å²) in [5.74, 6) is 1.15. The second kappa shape index (κ2) is 5.88. The van der Waals surface area contributed by atoms with Crippen molar-refractivity contribution in [2.75, 3.05) is 7.05 Å². The van der Waals surface area contributed by atoms with Gasteiger partial charge in [-0.3, -0.25) is 0 Å². The minimum Gasteiger partial charge on any atom is -0.452 e. The number of rotatable bonds is 5. The number of hydrogen-bond donors (Lipinski definition) is 0. The van der Waals surface area contributed by atoms with Crippen molar-refractivity contribution < 1.29 is 12.8 Å². The lowest BCUT2D eigenvalue weighted by molar-refractivity contribution is 0.446. The lowest BCUT2D eigenvalue weighted by Gasteiger charge is -2.15. The molecule has 0 saturated carbocycles. The first kappa shape index (κ1) is 15.6. The third-order valence-corrected chi connectivity index (χ3v) is 5.74. The van der Waals surface area contributed by atoms with Crippen LogP contribution >= 0.6 is 27.5 Å². The summed E-state index contributed by atoms with van der Waals surface area (Å²) in [5.41, 5.74) is 0. The van der Waals surface area contributed by atoms with Gasteiger partial charge in [-0.15, -0.1) is 11.6 Å². The van der Waals surface area contributed by atoms with Gasteiger partial charge in [0.05, 0.1) is 12.4 Å². The number of sulfonamides is 1. The van der Waals surface area contributed by atoms with Crippen molar-refractivity contribution in [3.8, 4) is 0 Å².